The van der Waals surface area contributed by atoms with Crippen molar-refractivity contribution in [3.8, 4) is 5.75 Å². The lowest BCUT2D eigenvalue weighted by Gasteiger charge is -2.29. The summed E-state index contributed by atoms with van der Waals surface area (Å²) >= 11 is 5.55. The molecule has 1 fully saturated rings. The molecule has 2 rings (SSSR count). The van der Waals surface area contributed by atoms with Crippen LogP contribution in [-0.2, 0) is 0 Å². The Bertz CT molecular complexity index is 331. The van der Waals surface area contributed by atoms with E-state index in [9.17, 15) is 4.39 Å². The van der Waals surface area contributed by atoms with Crippen LogP contribution < -0.4 is 4.74 Å². The van der Waals surface area contributed by atoms with Gasteiger partial charge in [-0.15, -0.1) is 0 Å². The average Bonchev–Trinajstić information content (AvgIpc) is 2.08. The Labute approximate surface area is 86.4 Å². The number of likely N-dealkylation sites (tertiary alicyclic amines) is 1. The van der Waals surface area contributed by atoms with Crippen molar-refractivity contribution in [1.29, 1.82) is 0 Å². The van der Waals surface area contributed by atoms with E-state index in [-0.39, 0.29) is 5.02 Å². The number of ether oxygens (including phenoxy) is 1. The Hall–Kier alpha value is -0.870. The number of pyridine rings is 1. The van der Waals surface area contributed by atoms with Crippen molar-refractivity contribution in [2.24, 2.45) is 0 Å². The predicted octanol–water partition coefficient (Wildman–Crippen LogP) is 1.92. The van der Waals surface area contributed by atoms with Gasteiger partial charge in [-0.1, -0.05) is 11.6 Å². The van der Waals surface area contributed by atoms with Crippen LogP contribution in [0.1, 0.15) is 6.42 Å². The molecular weight excluding hydrogens is 207 g/mol. The Morgan fingerprint density at radius 1 is 1.57 bits per heavy atom. The summed E-state index contributed by atoms with van der Waals surface area (Å²) in [5.41, 5.74) is 0. The second-order valence-corrected chi connectivity index (χ2v) is 3.60. The molecule has 1 aromatic heterocycles. The third-order valence-electron chi connectivity index (χ3n) is 2.13. The van der Waals surface area contributed by atoms with Gasteiger partial charge in [-0.2, -0.15) is 4.39 Å². The number of hydrogen-bond donors (Lipinski definition) is 0. The van der Waals surface area contributed by atoms with E-state index in [0.717, 1.165) is 13.1 Å². The normalized spacial score (nSPS) is 16.4. The van der Waals surface area contributed by atoms with E-state index in [1.165, 1.54) is 18.7 Å². The molecule has 1 aromatic rings. The van der Waals surface area contributed by atoms with Crippen molar-refractivity contribution in [1.82, 2.24) is 9.88 Å². The monoisotopic (exact) mass is 216 g/mol. The number of rotatable bonds is 3. The van der Waals surface area contributed by atoms with Crippen LogP contribution in [0.25, 0.3) is 0 Å². The van der Waals surface area contributed by atoms with Crippen LogP contribution in [0.5, 0.6) is 5.75 Å². The Kier molecular flexibility index (Phi) is 2.84. The van der Waals surface area contributed by atoms with Gasteiger partial charge in [0.05, 0.1) is 11.2 Å². The van der Waals surface area contributed by atoms with Gasteiger partial charge < -0.3 is 4.74 Å². The van der Waals surface area contributed by atoms with Gasteiger partial charge in [-0.25, -0.2) is 4.98 Å². The SMILES string of the molecule is Fc1ncc(OCN2CCC2)cc1Cl. The molecule has 1 aliphatic heterocycles. The largest absolute Gasteiger partial charge is 0.476 e. The Morgan fingerprint density at radius 2 is 2.36 bits per heavy atom. The quantitative estimate of drug-likeness (QED) is 0.722. The third kappa shape index (κ3) is 2.13. The van der Waals surface area contributed by atoms with Crippen molar-refractivity contribution in [3.63, 3.8) is 0 Å². The maximum atomic E-state index is 12.7. The van der Waals surface area contributed by atoms with Gasteiger partial charge in [0.15, 0.2) is 0 Å². The Balaban J connectivity index is 1.91. The van der Waals surface area contributed by atoms with E-state index in [0.29, 0.717) is 12.5 Å². The van der Waals surface area contributed by atoms with Gasteiger partial charge in [0.2, 0.25) is 5.95 Å². The lowest BCUT2D eigenvalue weighted by Crippen LogP contribution is -2.39. The van der Waals surface area contributed by atoms with Crippen LogP contribution in [0.3, 0.4) is 0 Å². The van der Waals surface area contributed by atoms with Crippen molar-refractivity contribution < 1.29 is 9.13 Å². The standard InChI is InChI=1S/C9H10ClFN2O/c10-8-4-7(5-12-9(8)11)14-6-13-2-1-3-13/h4-5H,1-3,6H2. The molecule has 1 aliphatic rings. The van der Waals surface area contributed by atoms with Crippen molar-refractivity contribution >= 4 is 11.6 Å². The predicted molar refractivity (Wildman–Crippen MR) is 50.9 cm³/mol. The van der Waals surface area contributed by atoms with E-state index < -0.39 is 5.95 Å². The number of halogens is 2. The minimum absolute atomic E-state index is 0.00823. The minimum atomic E-state index is -0.664. The second kappa shape index (κ2) is 4.11. The van der Waals surface area contributed by atoms with E-state index in [1.807, 2.05) is 0 Å². The topological polar surface area (TPSA) is 25.4 Å². The minimum Gasteiger partial charge on any atom is -0.476 e. The van der Waals surface area contributed by atoms with Crippen LogP contribution in [0.2, 0.25) is 5.02 Å². The van der Waals surface area contributed by atoms with Gasteiger partial charge in [0.25, 0.3) is 0 Å². The molecule has 0 spiro atoms. The molecule has 0 radical (unpaired) electrons. The van der Waals surface area contributed by atoms with Gasteiger partial charge in [-0.05, 0) is 6.42 Å². The van der Waals surface area contributed by atoms with E-state index in [2.05, 4.69) is 9.88 Å². The molecule has 0 atom stereocenters. The number of aromatic nitrogens is 1. The first kappa shape index (κ1) is 9.68. The Morgan fingerprint density at radius 3 is 2.93 bits per heavy atom. The summed E-state index contributed by atoms with van der Waals surface area (Å²) in [5.74, 6) is -0.161. The van der Waals surface area contributed by atoms with Crippen LogP contribution in [0.4, 0.5) is 4.39 Å². The maximum Gasteiger partial charge on any atom is 0.231 e. The van der Waals surface area contributed by atoms with Gasteiger partial charge in [-0.3, -0.25) is 4.90 Å². The zero-order chi connectivity index (χ0) is 9.97. The van der Waals surface area contributed by atoms with Crippen LogP contribution >= 0.6 is 11.6 Å². The highest BCUT2D eigenvalue weighted by atomic mass is 35.5. The zero-order valence-electron chi connectivity index (χ0n) is 7.54. The molecule has 14 heavy (non-hydrogen) atoms. The summed E-state index contributed by atoms with van der Waals surface area (Å²) < 4.78 is 18.0. The van der Waals surface area contributed by atoms with Crippen molar-refractivity contribution in [2.45, 2.75) is 6.42 Å². The molecule has 76 valence electrons. The molecule has 0 bridgehead atoms. The lowest BCUT2D eigenvalue weighted by molar-refractivity contribution is 0.0727. The van der Waals surface area contributed by atoms with Gasteiger partial charge >= 0.3 is 0 Å². The average molecular weight is 217 g/mol. The van der Waals surface area contributed by atoms with Gasteiger partial charge in [0, 0.05) is 19.2 Å². The molecule has 2 heterocycles. The van der Waals surface area contributed by atoms with Crippen molar-refractivity contribution in [3.05, 3.63) is 23.2 Å². The molecule has 5 heteroatoms. The summed E-state index contributed by atoms with van der Waals surface area (Å²) in [6.45, 7) is 2.63. The van der Waals surface area contributed by atoms with Gasteiger partial charge in [0.1, 0.15) is 12.5 Å². The highest BCUT2D eigenvalue weighted by Gasteiger charge is 2.13. The van der Waals surface area contributed by atoms with E-state index in [4.69, 9.17) is 16.3 Å². The summed E-state index contributed by atoms with van der Waals surface area (Å²) in [4.78, 5) is 5.59. The summed E-state index contributed by atoms with van der Waals surface area (Å²) in [7, 11) is 0. The molecule has 0 amide bonds. The first-order valence-corrected chi connectivity index (χ1v) is 4.80. The fourth-order valence-electron chi connectivity index (χ4n) is 1.16. The highest BCUT2D eigenvalue weighted by Crippen LogP contribution is 2.19. The number of nitrogens with zero attached hydrogens (tertiary/aromatic N) is 2. The summed E-state index contributed by atoms with van der Waals surface area (Å²) in [5, 5.41) is -0.00823. The molecule has 3 nitrogen and oxygen atoms in total. The fourth-order valence-corrected chi connectivity index (χ4v) is 1.32. The van der Waals surface area contributed by atoms with E-state index in [1.54, 1.807) is 0 Å². The maximum absolute atomic E-state index is 12.7. The molecule has 0 saturated carbocycles. The lowest BCUT2D eigenvalue weighted by atomic mass is 10.2. The molecule has 0 aromatic carbocycles. The smallest absolute Gasteiger partial charge is 0.231 e. The summed E-state index contributed by atoms with van der Waals surface area (Å²) in [6.07, 6.45) is 2.55. The molecule has 0 N–H and O–H groups in total. The molecule has 0 unspecified atom stereocenters. The zero-order valence-corrected chi connectivity index (χ0v) is 8.30. The third-order valence-corrected chi connectivity index (χ3v) is 2.40. The summed E-state index contributed by atoms with van der Waals surface area (Å²) in [6, 6.07) is 1.43. The fraction of sp³-hybridized carbons (Fsp3) is 0.444. The van der Waals surface area contributed by atoms with E-state index >= 15 is 0 Å². The van der Waals surface area contributed by atoms with Crippen LogP contribution in [0.15, 0.2) is 12.3 Å². The second-order valence-electron chi connectivity index (χ2n) is 3.19. The molecule has 0 aliphatic carbocycles. The molecule has 1 saturated heterocycles. The first-order chi connectivity index (χ1) is 6.75. The molecular formula is C9H10ClFN2O. The number of hydrogen-bond acceptors (Lipinski definition) is 3. The van der Waals surface area contributed by atoms with Crippen LogP contribution in [-0.4, -0.2) is 29.7 Å². The van der Waals surface area contributed by atoms with Crippen LogP contribution in [0, 0.1) is 5.95 Å². The first-order valence-electron chi connectivity index (χ1n) is 4.42. The highest BCUT2D eigenvalue weighted by molar-refractivity contribution is 6.30. The van der Waals surface area contributed by atoms with Crippen molar-refractivity contribution in [2.75, 3.05) is 19.8 Å².